The molecule has 0 aliphatic rings. The standard InChI is InChI=1S/C19H14N8O2S/c20-11-1-7-16(15(21)9-11)25-23-12-2-4-13(5-3-12)24-26-19-22-17-8-6-14(27(28)29)10-18(17)30-19/h1-10H,20-21H2. The van der Waals surface area contributed by atoms with Gasteiger partial charge in [-0.05, 0) is 48.5 Å². The Labute approximate surface area is 173 Å². The molecule has 0 amide bonds. The molecule has 4 aromatic rings. The molecule has 0 aliphatic heterocycles. The summed E-state index contributed by atoms with van der Waals surface area (Å²) in [7, 11) is 0. The molecule has 11 heteroatoms. The monoisotopic (exact) mass is 418 g/mol. The van der Waals surface area contributed by atoms with Crippen molar-refractivity contribution in [3.05, 3.63) is 70.8 Å². The van der Waals surface area contributed by atoms with Gasteiger partial charge in [0.2, 0.25) is 5.13 Å². The van der Waals surface area contributed by atoms with Crippen molar-refractivity contribution in [1.82, 2.24) is 4.98 Å². The lowest BCUT2D eigenvalue weighted by Gasteiger charge is -2.00. The van der Waals surface area contributed by atoms with E-state index in [1.165, 1.54) is 23.5 Å². The van der Waals surface area contributed by atoms with Gasteiger partial charge < -0.3 is 11.5 Å². The van der Waals surface area contributed by atoms with Crippen LogP contribution in [-0.2, 0) is 0 Å². The predicted octanol–water partition coefficient (Wildman–Crippen LogP) is 6.20. The Morgan fingerprint density at radius 2 is 1.57 bits per heavy atom. The molecule has 1 heterocycles. The maximum Gasteiger partial charge on any atom is 0.270 e. The zero-order chi connectivity index (χ0) is 21.1. The van der Waals surface area contributed by atoms with Gasteiger partial charge in [-0.1, -0.05) is 11.3 Å². The number of nitro benzene ring substituents is 1. The van der Waals surface area contributed by atoms with E-state index in [0.29, 0.717) is 43.8 Å². The van der Waals surface area contributed by atoms with Gasteiger partial charge in [-0.2, -0.15) is 5.11 Å². The first-order chi connectivity index (χ1) is 14.5. The second kappa shape index (κ2) is 8.01. The first-order valence-electron chi connectivity index (χ1n) is 8.61. The quantitative estimate of drug-likeness (QED) is 0.171. The van der Waals surface area contributed by atoms with Gasteiger partial charge in [0.15, 0.2) is 0 Å². The van der Waals surface area contributed by atoms with Gasteiger partial charge >= 0.3 is 0 Å². The van der Waals surface area contributed by atoms with Crippen molar-refractivity contribution in [2.24, 2.45) is 20.5 Å². The summed E-state index contributed by atoms with van der Waals surface area (Å²) < 4.78 is 0.677. The fourth-order valence-corrected chi connectivity index (χ4v) is 3.34. The number of nitrogens with two attached hydrogens (primary N) is 2. The number of non-ortho nitro benzene ring substituents is 1. The second-order valence-electron chi connectivity index (χ2n) is 6.14. The number of thiazole rings is 1. The Morgan fingerprint density at radius 3 is 2.23 bits per heavy atom. The molecule has 0 bridgehead atoms. The molecule has 0 fully saturated rings. The van der Waals surface area contributed by atoms with E-state index >= 15 is 0 Å². The van der Waals surface area contributed by atoms with Crippen molar-refractivity contribution in [2.75, 3.05) is 11.5 Å². The topological polar surface area (TPSA) is 158 Å². The number of nitrogens with zero attached hydrogens (tertiary/aromatic N) is 6. The maximum atomic E-state index is 10.9. The van der Waals surface area contributed by atoms with E-state index in [4.69, 9.17) is 11.5 Å². The van der Waals surface area contributed by atoms with Crippen LogP contribution < -0.4 is 11.5 Å². The molecular formula is C19H14N8O2S. The van der Waals surface area contributed by atoms with Gasteiger partial charge in [0, 0.05) is 17.8 Å². The molecule has 3 aromatic carbocycles. The number of anilines is 2. The number of fused-ring (bicyclic) bond motifs is 1. The minimum absolute atomic E-state index is 0.0140. The van der Waals surface area contributed by atoms with Crippen molar-refractivity contribution in [2.45, 2.75) is 0 Å². The van der Waals surface area contributed by atoms with Crippen LogP contribution in [0.4, 0.5) is 39.3 Å². The summed E-state index contributed by atoms with van der Waals surface area (Å²) in [6.45, 7) is 0. The van der Waals surface area contributed by atoms with E-state index in [9.17, 15) is 10.1 Å². The molecule has 4 N–H and O–H groups in total. The molecule has 0 saturated carbocycles. The van der Waals surface area contributed by atoms with Crippen molar-refractivity contribution < 1.29 is 4.92 Å². The first kappa shape index (κ1) is 19.1. The Kier molecular flexibility index (Phi) is 5.09. The number of rotatable bonds is 5. The lowest BCUT2D eigenvalue weighted by atomic mass is 10.2. The van der Waals surface area contributed by atoms with Crippen LogP contribution in [-0.4, -0.2) is 9.91 Å². The lowest BCUT2D eigenvalue weighted by Crippen LogP contribution is -1.89. The number of azo groups is 2. The minimum atomic E-state index is -0.444. The van der Waals surface area contributed by atoms with Gasteiger partial charge in [0.1, 0.15) is 5.69 Å². The molecule has 30 heavy (non-hydrogen) atoms. The summed E-state index contributed by atoms with van der Waals surface area (Å²) in [5, 5.41) is 27.8. The molecule has 4 rings (SSSR count). The molecule has 0 spiro atoms. The molecule has 148 valence electrons. The zero-order valence-corrected chi connectivity index (χ0v) is 16.2. The highest BCUT2D eigenvalue weighted by atomic mass is 32.1. The fraction of sp³-hybridized carbons (Fsp3) is 0. The average Bonchev–Trinajstić information content (AvgIpc) is 3.14. The van der Waals surface area contributed by atoms with Crippen LogP contribution in [0.1, 0.15) is 0 Å². The summed E-state index contributed by atoms with van der Waals surface area (Å²) in [5.74, 6) is 0. The third kappa shape index (κ3) is 4.25. The van der Waals surface area contributed by atoms with Crippen LogP contribution in [0, 0.1) is 10.1 Å². The Morgan fingerprint density at radius 1 is 0.867 bits per heavy atom. The van der Waals surface area contributed by atoms with Gasteiger partial charge in [0.25, 0.3) is 5.69 Å². The van der Waals surface area contributed by atoms with Crippen LogP contribution in [0.5, 0.6) is 0 Å². The highest BCUT2D eigenvalue weighted by molar-refractivity contribution is 7.21. The maximum absolute atomic E-state index is 10.9. The van der Waals surface area contributed by atoms with Gasteiger partial charge in [0.05, 0.1) is 32.2 Å². The number of nitro groups is 1. The smallest absolute Gasteiger partial charge is 0.270 e. The van der Waals surface area contributed by atoms with Crippen LogP contribution in [0.25, 0.3) is 10.2 Å². The molecule has 0 radical (unpaired) electrons. The minimum Gasteiger partial charge on any atom is -0.399 e. The number of hydrogen-bond donors (Lipinski definition) is 2. The third-order valence-corrected chi connectivity index (χ3v) is 4.90. The molecule has 0 aliphatic carbocycles. The van der Waals surface area contributed by atoms with Crippen molar-refractivity contribution in [1.29, 1.82) is 0 Å². The Balaban J connectivity index is 1.47. The van der Waals surface area contributed by atoms with Crippen LogP contribution in [0.15, 0.2) is 81.1 Å². The van der Waals surface area contributed by atoms with E-state index < -0.39 is 4.92 Å². The molecule has 0 atom stereocenters. The third-order valence-electron chi connectivity index (χ3n) is 4.00. The number of hydrogen-bond acceptors (Lipinski definition) is 10. The van der Waals surface area contributed by atoms with Gasteiger partial charge in [-0.25, -0.2) is 4.98 Å². The largest absolute Gasteiger partial charge is 0.399 e. The number of aromatic nitrogens is 1. The SMILES string of the molecule is Nc1ccc(N=Nc2ccc(N=Nc3nc4ccc([N+](=O)[O-])cc4s3)cc2)c(N)c1. The van der Waals surface area contributed by atoms with E-state index in [0.717, 1.165) is 0 Å². The molecular weight excluding hydrogens is 404 g/mol. The van der Waals surface area contributed by atoms with Crippen molar-refractivity contribution in [3.8, 4) is 0 Å². The van der Waals surface area contributed by atoms with Crippen molar-refractivity contribution >= 4 is 60.8 Å². The van der Waals surface area contributed by atoms with E-state index in [-0.39, 0.29) is 5.69 Å². The molecule has 10 nitrogen and oxygen atoms in total. The van der Waals surface area contributed by atoms with E-state index in [1.54, 1.807) is 48.5 Å². The van der Waals surface area contributed by atoms with Crippen molar-refractivity contribution in [3.63, 3.8) is 0 Å². The summed E-state index contributed by atoms with van der Waals surface area (Å²) >= 11 is 1.23. The second-order valence-corrected chi connectivity index (χ2v) is 7.15. The van der Waals surface area contributed by atoms with Crippen LogP contribution in [0.3, 0.4) is 0 Å². The van der Waals surface area contributed by atoms with E-state index in [1.807, 2.05) is 0 Å². The molecule has 0 unspecified atom stereocenters. The number of nitrogen functional groups attached to an aromatic ring is 2. The first-order valence-corrected chi connectivity index (χ1v) is 9.43. The summed E-state index contributed by atoms with van der Waals surface area (Å²) in [6.07, 6.45) is 0. The Hall–Kier alpha value is -4.25. The fourth-order valence-electron chi connectivity index (χ4n) is 2.52. The highest BCUT2D eigenvalue weighted by Gasteiger charge is 2.10. The summed E-state index contributed by atoms with van der Waals surface area (Å²) in [6, 6.07) is 16.5. The lowest BCUT2D eigenvalue weighted by molar-refractivity contribution is -0.384. The summed E-state index contributed by atoms with van der Waals surface area (Å²) in [5.41, 5.74) is 14.9. The normalized spacial score (nSPS) is 11.6. The van der Waals surface area contributed by atoms with Crippen LogP contribution in [0.2, 0.25) is 0 Å². The summed E-state index contributed by atoms with van der Waals surface area (Å²) in [4.78, 5) is 14.7. The number of benzene rings is 3. The van der Waals surface area contributed by atoms with Gasteiger partial charge in [-0.3, -0.25) is 10.1 Å². The zero-order valence-electron chi connectivity index (χ0n) is 15.3. The highest BCUT2D eigenvalue weighted by Crippen LogP contribution is 2.32. The Bertz CT molecular complexity index is 1300. The average molecular weight is 418 g/mol. The molecule has 1 aromatic heterocycles. The molecule has 0 saturated heterocycles. The van der Waals surface area contributed by atoms with Crippen LogP contribution >= 0.6 is 11.3 Å². The predicted molar refractivity (Wildman–Crippen MR) is 116 cm³/mol. The van der Waals surface area contributed by atoms with E-state index in [2.05, 4.69) is 25.4 Å². The van der Waals surface area contributed by atoms with Gasteiger partial charge in [-0.15, -0.1) is 15.3 Å².